The quantitative estimate of drug-likeness (QED) is 0.188. The van der Waals surface area contributed by atoms with Crippen molar-refractivity contribution in [3.05, 3.63) is 97.8 Å². The van der Waals surface area contributed by atoms with E-state index in [1.807, 2.05) is 28.7 Å². The van der Waals surface area contributed by atoms with Crippen molar-refractivity contribution in [2.45, 2.75) is 24.2 Å². The van der Waals surface area contributed by atoms with Crippen LogP contribution in [-0.4, -0.2) is 51.8 Å². The van der Waals surface area contributed by atoms with Gasteiger partial charge in [-0.05, 0) is 101 Å². The number of rotatable bonds is 5. The van der Waals surface area contributed by atoms with E-state index in [4.69, 9.17) is 22.1 Å². The fourth-order valence-corrected chi connectivity index (χ4v) is 8.91. The zero-order valence-corrected chi connectivity index (χ0v) is 28.1. The number of primary amides is 1. The number of nitrogens with zero attached hydrogens (tertiary/aromatic N) is 2. The van der Waals surface area contributed by atoms with E-state index in [1.165, 1.54) is 31.4 Å². The number of hydrazine groups is 1. The number of carbonyl (C=O) groups excluding carboxylic acids is 5. The molecule has 7 rings (SSSR count). The van der Waals surface area contributed by atoms with Gasteiger partial charge in [0.15, 0.2) is 11.5 Å². The highest BCUT2D eigenvalue weighted by molar-refractivity contribution is 14.1. The molecule has 3 fully saturated rings. The molecule has 246 valence electrons. The Balaban J connectivity index is 1.49. The predicted molar refractivity (Wildman–Crippen MR) is 178 cm³/mol. The first-order valence-corrected chi connectivity index (χ1v) is 16.5. The van der Waals surface area contributed by atoms with Gasteiger partial charge in [-0.3, -0.25) is 24.6 Å². The van der Waals surface area contributed by atoms with Gasteiger partial charge in [0, 0.05) is 10.9 Å². The molecule has 0 unspecified atom stereocenters. The summed E-state index contributed by atoms with van der Waals surface area (Å²) in [5.74, 6) is -7.79. The highest BCUT2D eigenvalue weighted by atomic mass is 127. The van der Waals surface area contributed by atoms with Crippen LogP contribution in [0.4, 0.5) is 14.9 Å². The van der Waals surface area contributed by atoms with E-state index in [0.717, 1.165) is 5.01 Å². The molecule has 3 aromatic carbocycles. The number of urea groups is 1. The number of aromatic hydroxyl groups is 1. The third-order valence-electron chi connectivity index (χ3n) is 10.1. The highest BCUT2D eigenvalue weighted by Gasteiger charge is 2.70. The lowest BCUT2D eigenvalue weighted by Crippen LogP contribution is -2.53. The maximum absolute atomic E-state index is 15.1. The molecule has 2 aliphatic heterocycles. The Hall–Kier alpha value is -4.50. The van der Waals surface area contributed by atoms with Crippen LogP contribution in [0.2, 0.25) is 5.02 Å². The van der Waals surface area contributed by atoms with Gasteiger partial charge < -0.3 is 15.6 Å². The van der Waals surface area contributed by atoms with E-state index in [9.17, 15) is 28.7 Å². The number of likely N-dealkylation sites (tertiary alicyclic amines) is 1. The summed E-state index contributed by atoms with van der Waals surface area (Å²) in [4.78, 5) is 69.4. The zero-order chi connectivity index (χ0) is 34.2. The number of benzene rings is 3. The summed E-state index contributed by atoms with van der Waals surface area (Å²) in [6.45, 7) is 0. The first-order valence-electron chi connectivity index (χ1n) is 15.0. The van der Waals surface area contributed by atoms with E-state index >= 15 is 4.79 Å². The maximum atomic E-state index is 15.1. The lowest BCUT2D eigenvalue weighted by molar-refractivity contribution is -0.139. The van der Waals surface area contributed by atoms with Crippen LogP contribution < -0.4 is 15.9 Å². The van der Waals surface area contributed by atoms with E-state index in [1.54, 1.807) is 36.4 Å². The summed E-state index contributed by atoms with van der Waals surface area (Å²) in [5, 5.41) is 12.1. The Labute approximate surface area is 291 Å². The number of hydrogen-bond donors (Lipinski definition) is 3. The molecule has 1 saturated carbocycles. The van der Waals surface area contributed by atoms with Crippen molar-refractivity contribution in [1.29, 1.82) is 0 Å². The van der Waals surface area contributed by atoms with Crippen LogP contribution in [0, 0.1) is 33.1 Å². The number of methoxy groups -OCH3 is 1. The number of phenols is 1. The molecular weight excluding hydrogens is 758 g/mol. The third kappa shape index (κ3) is 4.54. The van der Waals surface area contributed by atoms with E-state index < -0.39 is 70.5 Å². The fraction of sp³-hybridized carbons (Fsp3) is 0.265. The molecule has 0 radical (unpaired) electrons. The molecule has 6 amide bonds. The number of fused-ring (bicyclic) bond motifs is 4. The average Bonchev–Trinajstić information content (AvgIpc) is 3.44. The molecule has 2 heterocycles. The molecule has 11 nitrogen and oxygen atoms in total. The van der Waals surface area contributed by atoms with Crippen LogP contribution in [0.1, 0.15) is 29.9 Å². The van der Waals surface area contributed by atoms with E-state index in [-0.39, 0.29) is 30.0 Å². The molecule has 2 aliphatic carbocycles. The summed E-state index contributed by atoms with van der Waals surface area (Å²) < 4.78 is 19.7. The minimum atomic E-state index is -1.62. The van der Waals surface area contributed by atoms with Crippen molar-refractivity contribution in [1.82, 2.24) is 9.91 Å². The molecule has 14 heteroatoms. The minimum Gasteiger partial charge on any atom is -0.504 e. The number of phenolic OH excluding ortho intramolecular Hbond substituents is 1. The number of halogens is 3. The standard InChI is InChI=1S/C34H27ClFIN4O7/c1-48-25-13-15(12-24(37)28(25)42)27-20-10-11-21-26(31(45)40(29(21)43)33(38)47)22(20)14-23-30(44)41(39-19-8-6-18(36)7-9-19)32(46)34(23,27)16-2-4-17(35)5-3-16/h2-10,12-13,21-23,26-27,39,42H,11,14H2,1H3,(H2,38,47)/t21-,22+,23-,26-,27-,34+/m0/s1. The van der Waals surface area contributed by atoms with Gasteiger partial charge in [-0.1, -0.05) is 35.4 Å². The highest BCUT2D eigenvalue weighted by Crippen LogP contribution is 2.64. The Morgan fingerprint density at radius 1 is 1.04 bits per heavy atom. The second kappa shape index (κ2) is 11.6. The van der Waals surface area contributed by atoms with Gasteiger partial charge in [-0.2, -0.15) is 9.91 Å². The predicted octanol–water partition coefficient (Wildman–Crippen LogP) is 4.86. The van der Waals surface area contributed by atoms with E-state index in [0.29, 0.717) is 30.2 Å². The SMILES string of the molecule is COc1cc([C@H]2C3=CC[C@@H]4C(=O)N(C(N)=O)C(=O)[C@@H]4[C@@H]3C[C@H]3C(=O)N(Nc4ccc(F)cc4)C(=O)[C@@]23c2ccc(Cl)cc2)cc(I)c1O. The number of amides is 6. The molecule has 48 heavy (non-hydrogen) atoms. The molecular formula is C34H27ClFIN4O7. The number of hydrogen-bond acceptors (Lipinski definition) is 8. The van der Waals surface area contributed by atoms with Crippen molar-refractivity contribution in [2.75, 3.05) is 12.5 Å². The molecule has 3 aromatic rings. The van der Waals surface area contributed by atoms with Gasteiger partial charge in [0.1, 0.15) is 5.82 Å². The number of anilines is 1. The first kappa shape index (κ1) is 32.1. The molecule has 4 aliphatic rings. The van der Waals surface area contributed by atoms with Crippen LogP contribution in [0.3, 0.4) is 0 Å². The Morgan fingerprint density at radius 2 is 1.73 bits per heavy atom. The molecule has 6 atom stereocenters. The number of imide groups is 4. The van der Waals surface area contributed by atoms with Crippen molar-refractivity contribution < 1.29 is 38.2 Å². The van der Waals surface area contributed by atoms with Crippen LogP contribution in [-0.2, 0) is 24.6 Å². The Morgan fingerprint density at radius 3 is 2.38 bits per heavy atom. The van der Waals surface area contributed by atoms with Crippen molar-refractivity contribution >= 4 is 69.5 Å². The van der Waals surface area contributed by atoms with Crippen LogP contribution >= 0.6 is 34.2 Å². The normalized spacial score (nSPS) is 27.8. The third-order valence-corrected chi connectivity index (χ3v) is 11.2. The summed E-state index contributed by atoms with van der Waals surface area (Å²) in [7, 11) is 1.39. The summed E-state index contributed by atoms with van der Waals surface area (Å²) >= 11 is 8.25. The number of allylic oxidation sites excluding steroid dienone is 2. The fourth-order valence-electron chi connectivity index (χ4n) is 8.16. The van der Waals surface area contributed by atoms with Crippen LogP contribution in [0.25, 0.3) is 0 Å². The Bertz CT molecular complexity index is 1960. The molecule has 2 saturated heterocycles. The molecule has 0 aromatic heterocycles. The van der Waals surface area contributed by atoms with Crippen LogP contribution in [0.15, 0.2) is 72.3 Å². The minimum absolute atomic E-state index is 0.0176. The largest absolute Gasteiger partial charge is 0.504 e. The smallest absolute Gasteiger partial charge is 0.328 e. The van der Waals surface area contributed by atoms with Gasteiger partial charge in [0.25, 0.3) is 11.8 Å². The van der Waals surface area contributed by atoms with Crippen molar-refractivity contribution in [3.63, 3.8) is 0 Å². The van der Waals surface area contributed by atoms with Gasteiger partial charge in [-0.15, -0.1) is 0 Å². The number of ether oxygens (including phenoxy) is 1. The number of nitrogens with two attached hydrogens (primary N) is 1. The summed E-state index contributed by atoms with van der Waals surface area (Å²) in [6.07, 6.45) is 1.89. The lowest BCUT2D eigenvalue weighted by Gasteiger charge is -2.50. The van der Waals surface area contributed by atoms with Crippen molar-refractivity contribution in [2.24, 2.45) is 29.4 Å². The van der Waals surface area contributed by atoms with Crippen molar-refractivity contribution in [3.8, 4) is 11.5 Å². The van der Waals surface area contributed by atoms with Gasteiger partial charge in [0.05, 0.1) is 39.5 Å². The van der Waals surface area contributed by atoms with E-state index in [2.05, 4.69) is 5.43 Å². The first-order chi connectivity index (χ1) is 22.9. The van der Waals surface area contributed by atoms with Crippen LogP contribution in [0.5, 0.6) is 11.5 Å². The van der Waals surface area contributed by atoms with Gasteiger partial charge >= 0.3 is 6.03 Å². The summed E-state index contributed by atoms with van der Waals surface area (Å²) in [6, 6.07) is 13.9. The van der Waals surface area contributed by atoms with Gasteiger partial charge in [-0.25, -0.2) is 9.18 Å². The second-order valence-electron chi connectivity index (χ2n) is 12.3. The molecule has 0 spiro atoms. The second-order valence-corrected chi connectivity index (χ2v) is 13.9. The Kier molecular flexibility index (Phi) is 7.74. The number of nitrogens with one attached hydrogen (secondary N) is 1. The molecule has 0 bridgehead atoms. The monoisotopic (exact) mass is 784 g/mol. The maximum Gasteiger partial charge on any atom is 0.328 e. The molecule has 4 N–H and O–H groups in total. The zero-order valence-electron chi connectivity index (χ0n) is 25.2. The number of carbonyl (C=O) groups is 5. The summed E-state index contributed by atoms with van der Waals surface area (Å²) in [5.41, 5.74) is 8.61. The average molecular weight is 785 g/mol. The van der Waals surface area contributed by atoms with Gasteiger partial charge in [0.2, 0.25) is 11.8 Å². The lowest BCUT2D eigenvalue weighted by atomic mass is 9.49. The topological polar surface area (TPSA) is 159 Å².